The number of nitrogens with one attached hydrogen (secondary N) is 1. The van der Waals surface area contributed by atoms with Crippen molar-refractivity contribution in [3.63, 3.8) is 0 Å². The lowest BCUT2D eigenvalue weighted by Crippen LogP contribution is -1.94. The van der Waals surface area contributed by atoms with Crippen molar-refractivity contribution in [2.75, 3.05) is 19.0 Å². The number of halogens is 1. The summed E-state index contributed by atoms with van der Waals surface area (Å²) in [5, 5.41) is 3.35. The lowest BCUT2D eigenvalue weighted by molar-refractivity contribution is 0.411. The van der Waals surface area contributed by atoms with Gasteiger partial charge >= 0.3 is 0 Å². The Hall–Kier alpha value is -0.960. The summed E-state index contributed by atoms with van der Waals surface area (Å²) in [6.07, 6.45) is 2.89. The van der Waals surface area contributed by atoms with Crippen molar-refractivity contribution in [3.8, 4) is 5.75 Å². The van der Waals surface area contributed by atoms with Crippen molar-refractivity contribution in [1.29, 1.82) is 0 Å². The number of hydrogen-bond donors (Lipinski definition) is 1. The molecule has 3 heteroatoms. The summed E-state index contributed by atoms with van der Waals surface area (Å²) in [6, 6.07) is 1.99. The van der Waals surface area contributed by atoms with E-state index >= 15 is 0 Å². The Morgan fingerprint density at radius 1 is 1.64 bits per heavy atom. The van der Waals surface area contributed by atoms with E-state index in [1.807, 2.05) is 12.1 Å². The van der Waals surface area contributed by atoms with E-state index in [0.29, 0.717) is 0 Å². The van der Waals surface area contributed by atoms with Crippen molar-refractivity contribution < 1.29 is 4.74 Å². The van der Waals surface area contributed by atoms with Crippen LogP contribution in [0.15, 0.2) is 17.1 Å². The second kappa shape index (κ2) is 3.65. The summed E-state index contributed by atoms with van der Waals surface area (Å²) in [6.45, 7) is 4.79. The minimum absolute atomic E-state index is 0.877. The lowest BCUT2D eigenvalue weighted by atomic mass is 10.1. The van der Waals surface area contributed by atoms with Gasteiger partial charge in [0.25, 0.3) is 0 Å². The van der Waals surface area contributed by atoms with E-state index in [1.165, 1.54) is 11.3 Å². The van der Waals surface area contributed by atoms with Gasteiger partial charge in [0.2, 0.25) is 0 Å². The first-order valence-corrected chi connectivity index (χ1v) is 5.33. The molecule has 0 saturated carbocycles. The molecule has 0 amide bonds. The van der Waals surface area contributed by atoms with Crippen molar-refractivity contribution in [1.82, 2.24) is 0 Å². The summed E-state index contributed by atoms with van der Waals surface area (Å²) in [5.41, 5.74) is 3.59. The molecular formula is C11H12BrNO. The van der Waals surface area contributed by atoms with E-state index in [1.54, 1.807) is 7.11 Å². The predicted octanol–water partition coefficient (Wildman–Crippen LogP) is 3.07. The molecule has 0 unspecified atom stereocenters. The zero-order valence-corrected chi connectivity index (χ0v) is 9.65. The highest BCUT2D eigenvalue weighted by atomic mass is 79.9. The smallest absolute Gasteiger partial charge is 0.134 e. The first-order valence-electron chi connectivity index (χ1n) is 4.53. The van der Waals surface area contributed by atoms with Crippen molar-refractivity contribution >= 4 is 27.7 Å². The molecule has 0 radical (unpaired) electrons. The van der Waals surface area contributed by atoms with Gasteiger partial charge < -0.3 is 10.1 Å². The topological polar surface area (TPSA) is 21.3 Å². The van der Waals surface area contributed by atoms with Crippen LogP contribution in [0.25, 0.3) is 6.08 Å². The largest absolute Gasteiger partial charge is 0.496 e. The number of hydrogen-bond acceptors (Lipinski definition) is 2. The normalized spacial score (nSPS) is 13.3. The van der Waals surface area contributed by atoms with Gasteiger partial charge in [-0.15, -0.1) is 0 Å². The molecule has 0 saturated heterocycles. The molecule has 1 aromatic carbocycles. The molecule has 74 valence electrons. The van der Waals surface area contributed by atoms with E-state index in [0.717, 1.165) is 28.8 Å². The lowest BCUT2D eigenvalue weighted by Gasteiger charge is -2.11. The second-order valence-electron chi connectivity index (χ2n) is 3.22. The Kier molecular flexibility index (Phi) is 2.50. The van der Waals surface area contributed by atoms with Gasteiger partial charge in [-0.2, -0.15) is 0 Å². The maximum absolute atomic E-state index is 5.29. The number of rotatable bonds is 2. The molecule has 14 heavy (non-hydrogen) atoms. The Balaban J connectivity index is 2.66. The third-order valence-corrected chi connectivity index (χ3v) is 3.34. The first-order chi connectivity index (χ1) is 6.77. The van der Waals surface area contributed by atoms with Crippen LogP contribution in [-0.4, -0.2) is 13.7 Å². The number of anilines is 1. The molecule has 0 aromatic heterocycles. The molecule has 2 nitrogen and oxygen atoms in total. The molecular weight excluding hydrogens is 242 g/mol. The molecule has 1 heterocycles. The highest BCUT2D eigenvalue weighted by molar-refractivity contribution is 9.10. The number of methoxy groups -OCH3 is 1. The third kappa shape index (κ3) is 1.32. The van der Waals surface area contributed by atoms with E-state index in [9.17, 15) is 0 Å². The zero-order chi connectivity index (χ0) is 10.1. The summed E-state index contributed by atoms with van der Waals surface area (Å²) in [4.78, 5) is 0. The minimum Gasteiger partial charge on any atom is -0.496 e. The van der Waals surface area contributed by atoms with Crippen LogP contribution in [0.5, 0.6) is 5.75 Å². The fourth-order valence-electron chi connectivity index (χ4n) is 1.77. The standard InChI is InChI=1S/C11H12BrNO/c1-3-7-6-9(14-2)10(12)8-4-5-13-11(7)8/h3,6,13H,1,4-5H2,2H3. The van der Waals surface area contributed by atoms with Crippen LogP contribution in [0.1, 0.15) is 11.1 Å². The van der Waals surface area contributed by atoms with Crippen LogP contribution in [0.4, 0.5) is 5.69 Å². The van der Waals surface area contributed by atoms with E-state index in [2.05, 4.69) is 27.8 Å². The molecule has 0 aliphatic carbocycles. The summed E-state index contributed by atoms with van der Waals surface area (Å²) < 4.78 is 6.35. The van der Waals surface area contributed by atoms with Crippen molar-refractivity contribution in [3.05, 3.63) is 28.2 Å². The Bertz CT molecular complexity index is 387. The Labute approximate surface area is 92.1 Å². The highest BCUT2D eigenvalue weighted by Gasteiger charge is 2.19. The molecule has 0 fully saturated rings. The van der Waals surface area contributed by atoms with Crippen LogP contribution in [-0.2, 0) is 6.42 Å². The van der Waals surface area contributed by atoms with Crippen molar-refractivity contribution in [2.45, 2.75) is 6.42 Å². The van der Waals surface area contributed by atoms with Gasteiger partial charge in [0.1, 0.15) is 5.75 Å². The molecule has 1 aliphatic rings. The summed E-state index contributed by atoms with van der Waals surface area (Å²) in [5.74, 6) is 0.877. The quantitative estimate of drug-likeness (QED) is 0.875. The third-order valence-electron chi connectivity index (χ3n) is 2.47. The Morgan fingerprint density at radius 3 is 3.07 bits per heavy atom. The SMILES string of the molecule is C=Cc1cc(OC)c(Br)c2c1NCC2. The second-order valence-corrected chi connectivity index (χ2v) is 4.01. The van der Waals surface area contributed by atoms with Crippen LogP contribution < -0.4 is 10.1 Å². The van der Waals surface area contributed by atoms with Gasteiger partial charge in [0.15, 0.2) is 0 Å². The van der Waals surface area contributed by atoms with Gasteiger partial charge in [0, 0.05) is 17.8 Å². The molecule has 0 atom stereocenters. The number of benzene rings is 1. The molecule has 1 N–H and O–H groups in total. The van der Waals surface area contributed by atoms with E-state index in [4.69, 9.17) is 4.74 Å². The molecule has 0 bridgehead atoms. The number of fused-ring (bicyclic) bond motifs is 1. The van der Waals surface area contributed by atoms with Gasteiger partial charge in [-0.25, -0.2) is 0 Å². The van der Waals surface area contributed by atoms with Gasteiger partial charge in [-0.3, -0.25) is 0 Å². The maximum Gasteiger partial charge on any atom is 0.134 e. The van der Waals surface area contributed by atoms with E-state index < -0.39 is 0 Å². The van der Waals surface area contributed by atoms with Gasteiger partial charge in [-0.1, -0.05) is 12.7 Å². The van der Waals surface area contributed by atoms with Crippen molar-refractivity contribution in [2.24, 2.45) is 0 Å². The maximum atomic E-state index is 5.29. The highest BCUT2D eigenvalue weighted by Crippen LogP contribution is 2.39. The van der Waals surface area contributed by atoms with Crippen LogP contribution in [0.3, 0.4) is 0 Å². The minimum atomic E-state index is 0.877. The first kappa shape index (κ1) is 9.59. The van der Waals surface area contributed by atoms with E-state index in [-0.39, 0.29) is 0 Å². The monoisotopic (exact) mass is 253 g/mol. The molecule has 2 rings (SSSR count). The van der Waals surface area contributed by atoms with Crippen LogP contribution in [0.2, 0.25) is 0 Å². The average Bonchev–Trinajstić information content (AvgIpc) is 2.68. The van der Waals surface area contributed by atoms with Crippen LogP contribution in [0, 0.1) is 0 Å². The molecule has 1 aliphatic heterocycles. The Morgan fingerprint density at radius 2 is 2.43 bits per heavy atom. The van der Waals surface area contributed by atoms with Gasteiger partial charge in [0.05, 0.1) is 11.6 Å². The average molecular weight is 254 g/mol. The van der Waals surface area contributed by atoms with Crippen LogP contribution >= 0.6 is 15.9 Å². The number of ether oxygens (including phenoxy) is 1. The summed E-state index contributed by atoms with van der Waals surface area (Å²) in [7, 11) is 1.68. The van der Waals surface area contributed by atoms with Gasteiger partial charge in [-0.05, 0) is 34.0 Å². The predicted molar refractivity (Wildman–Crippen MR) is 63.0 cm³/mol. The summed E-state index contributed by atoms with van der Waals surface area (Å²) >= 11 is 3.56. The fraction of sp³-hybridized carbons (Fsp3) is 0.273. The molecule has 0 spiro atoms. The zero-order valence-electron chi connectivity index (χ0n) is 8.06. The fourth-order valence-corrected chi connectivity index (χ4v) is 2.45. The molecule has 1 aromatic rings.